The Bertz CT molecular complexity index is 1770. The third-order valence-electron chi connectivity index (χ3n) is 7.77. The number of hydrogen-bond acceptors (Lipinski definition) is 5. The number of hydrogen-bond donors (Lipinski definition) is 2. The van der Waals surface area contributed by atoms with Crippen molar-refractivity contribution in [2.24, 2.45) is 0 Å². The summed E-state index contributed by atoms with van der Waals surface area (Å²) in [4.78, 5) is 25.6. The molecule has 238 valence electrons. The van der Waals surface area contributed by atoms with Crippen LogP contribution in [0.15, 0.2) is 89.5 Å². The van der Waals surface area contributed by atoms with Crippen molar-refractivity contribution >= 4 is 29.6 Å². The van der Waals surface area contributed by atoms with Crippen molar-refractivity contribution in [2.75, 3.05) is 18.8 Å². The van der Waals surface area contributed by atoms with Crippen molar-refractivity contribution in [1.29, 1.82) is 0 Å². The maximum Gasteiger partial charge on any atom is 0.267 e. The number of carbonyl (C=O) groups excluding carboxylic acids is 2. The molecule has 2 amide bonds. The van der Waals surface area contributed by atoms with Gasteiger partial charge < -0.3 is 20.4 Å². The first-order chi connectivity index (χ1) is 22.1. The van der Waals surface area contributed by atoms with Crippen molar-refractivity contribution in [3.63, 3.8) is 0 Å². The van der Waals surface area contributed by atoms with E-state index >= 15 is 0 Å². The molecule has 1 saturated carbocycles. The maximum absolute atomic E-state index is 13.4. The lowest BCUT2D eigenvalue weighted by atomic mass is 9.96. The van der Waals surface area contributed by atoms with E-state index in [1.54, 1.807) is 12.1 Å². The Kier molecular flexibility index (Phi) is 10.0. The van der Waals surface area contributed by atoms with Crippen LogP contribution in [0.4, 0.5) is 19.0 Å². The molecule has 0 bridgehead atoms. The number of aryl methyl sites for hydroxylation is 1. The monoisotopic (exact) mass is 628 g/mol. The number of benzene rings is 3. The van der Waals surface area contributed by atoms with Gasteiger partial charge in [0.15, 0.2) is 0 Å². The number of nitrogens with two attached hydrogens (primary N) is 1. The fourth-order valence-electron chi connectivity index (χ4n) is 5.12. The average molecular weight is 629 g/mol. The van der Waals surface area contributed by atoms with Crippen molar-refractivity contribution in [1.82, 2.24) is 15.2 Å². The number of carbonyl (C=O) groups is 2. The van der Waals surface area contributed by atoms with Gasteiger partial charge in [-0.15, -0.1) is 0 Å². The minimum atomic E-state index is -2.64. The number of anilines is 1. The van der Waals surface area contributed by atoms with Gasteiger partial charge >= 0.3 is 0 Å². The molecular formula is C36H35F3N4O3. The molecule has 46 heavy (non-hydrogen) atoms. The van der Waals surface area contributed by atoms with Gasteiger partial charge in [-0.25, -0.2) is 18.2 Å². The standard InChI is InChI=1S/C23H18FNO2.C8H10N2.C5H7F2NO/c1-15-2-4-16(5-3-15)18-10-19-11-21(13-25-14-26)27-23(19)22(12-18)17-6-8-20(24)9-7-17;9-8-4-3-7(5-10-8)6-1-2-6;6-5(7)1-2-8(3-5)4-9/h2-12,14H,13H2,1H3,(H,25,26);3-6H,1-2H2,(H2,9,10);4H,1-3H2. The van der Waals surface area contributed by atoms with E-state index < -0.39 is 12.5 Å². The summed E-state index contributed by atoms with van der Waals surface area (Å²) < 4.78 is 43.7. The highest BCUT2D eigenvalue weighted by Gasteiger charge is 2.37. The lowest BCUT2D eigenvalue weighted by Crippen LogP contribution is -2.23. The molecule has 3 heterocycles. The van der Waals surface area contributed by atoms with Gasteiger partial charge in [0.1, 0.15) is 23.0 Å². The van der Waals surface area contributed by atoms with Gasteiger partial charge in [0.05, 0.1) is 13.1 Å². The summed E-state index contributed by atoms with van der Waals surface area (Å²) in [5, 5.41) is 3.56. The molecule has 7 rings (SSSR count). The summed E-state index contributed by atoms with van der Waals surface area (Å²) in [7, 11) is 0. The minimum Gasteiger partial charge on any atom is -0.459 e. The van der Waals surface area contributed by atoms with E-state index in [1.165, 1.54) is 36.1 Å². The lowest BCUT2D eigenvalue weighted by Gasteiger charge is -2.08. The second kappa shape index (κ2) is 14.3. The maximum atomic E-state index is 13.4. The molecule has 5 aromatic rings. The molecule has 2 aliphatic rings. The topological polar surface area (TPSA) is 101 Å². The first kappa shape index (κ1) is 32.3. The van der Waals surface area contributed by atoms with Crippen LogP contribution in [0.2, 0.25) is 0 Å². The van der Waals surface area contributed by atoms with Crippen LogP contribution in [0.25, 0.3) is 33.2 Å². The molecule has 0 spiro atoms. The molecule has 0 unspecified atom stereocenters. The zero-order valence-electron chi connectivity index (χ0n) is 25.4. The van der Waals surface area contributed by atoms with E-state index in [-0.39, 0.29) is 18.8 Å². The molecule has 7 nitrogen and oxygen atoms in total. The van der Waals surface area contributed by atoms with E-state index in [4.69, 9.17) is 10.2 Å². The van der Waals surface area contributed by atoms with Crippen LogP contribution < -0.4 is 11.1 Å². The number of nitrogens with one attached hydrogen (secondary N) is 1. The van der Waals surface area contributed by atoms with Gasteiger partial charge in [-0.05, 0) is 84.3 Å². The van der Waals surface area contributed by atoms with Crippen LogP contribution in [0.3, 0.4) is 0 Å². The molecule has 3 N–H and O–H groups in total. The molecule has 1 saturated heterocycles. The molecule has 2 fully saturated rings. The van der Waals surface area contributed by atoms with Gasteiger partial charge in [-0.2, -0.15) is 0 Å². The van der Waals surface area contributed by atoms with Crippen LogP contribution in [-0.4, -0.2) is 41.7 Å². The second-order valence-corrected chi connectivity index (χ2v) is 11.5. The van der Waals surface area contributed by atoms with Gasteiger partial charge in [-0.1, -0.05) is 48.0 Å². The second-order valence-electron chi connectivity index (χ2n) is 11.5. The zero-order chi connectivity index (χ0) is 32.7. The van der Waals surface area contributed by atoms with E-state index in [0.717, 1.165) is 44.0 Å². The Balaban J connectivity index is 0.000000177. The van der Waals surface area contributed by atoms with Crippen LogP contribution >= 0.6 is 0 Å². The average Bonchev–Trinajstić information content (AvgIpc) is 3.72. The van der Waals surface area contributed by atoms with Crippen LogP contribution in [0.5, 0.6) is 0 Å². The smallest absolute Gasteiger partial charge is 0.267 e. The van der Waals surface area contributed by atoms with Gasteiger partial charge in [0.25, 0.3) is 5.92 Å². The number of amides is 2. The largest absolute Gasteiger partial charge is 0.459 e. The summed E-state index contributed by atoms with van der Waals surface area (Å²) in [6, 6.07) is 24.7. The zero-order valence-corrected chi connectivity index (χ0v) is 25.4. The first-order valence-corrected chi connectivity index (χ1v) is 15.0. The quantitative estimate of drug-likeness (QED) is 0.182. The third kappa shape index (κ3) is 8.53. The van der Waals surface area contributed by atoms with Crippen molar-refractivity contribution in [3.8, 4) is 22.3 Å². The highest BCUT2D eigenvalue weighted by atomic mass is 19.3. The normalized spacial score (nSPS) is 14.9. The fraction of sp³-hybridized carbons (Fsp3) is 0.250. The van der Waals surface area contributed by atoms with Crippen molar-refractivity contribution < 1.29 is 27.2 Å². The lowest BCUT2D eigenvalue weighted by molar-refractivity contribution is -0.118. The van der Waals surface area contributed by atoms with Crippen LogP contribution in [0, 0.1) is 12.7 Å². The molecule has 0 radical (unpaired) electrons. The number of nitrogens with zero attached hydrogens (tertiary/aromatic N) is 2. The SMILES string of the molecule is Cc1ccc(-c2cc(-c3ccc(F)cc3)c3oc(CNC=O)cc3c2)cc1.Nc1ccc(C2CC2)cn1.O=CN1CCC(F)(F)C1. The Hall–Kier alpha value is -5.12. The Morgan fingerprint density at radius 2 is 1.70 bits per heavy atom. The van der Waals surface area contributed by atoms with E-state index in [0.29, 0.717) is 30.9 Å². The van der Waals surface area contributed by atoms with Gasteiger partial charge in [0.2, 0.25) is 12.8 Å². The van der Waals surface area contributed by atoms with Gasteiger partial charge in [-0.3, -0.25) is 9.59 Å². The molecule has 1 aliphatic heterocycles. The molecule has 10 heteroatoms. The summed E-state index contributed by atoms with van der Waals surface area (Å²) in [6.07, 6.45) is 5.45. The Morgan fingerprint density at radius 1 is 0.978 bits per heavy atom. The number of likely N-dealkylation sites (tertiary alicyclic amines) is 1. The summed E-state index contributed by atoms with van der Waals surface area (Å²) in [6.45, 7) is 2.16. The number of rotatable bonds is 7. The number of pyridine rings is 1. The summed E-state index contributed by atoms with van der Waals surface area (Å²) in [5.41, 5.74) is 12.6. The van der Waals surface area contributed by atoms with Gasteiger partial charge in [0, 0.05) is 30.1 Å². The third-order valence-corrected chi connectivity index (χ3v) is 7.77. The fourth-order valence-corrected chi connectivity index (χ4v) is 5.12. The molecular weight excluding hydrogens is 593 g/mol. The molecule has 3 aromatic carbocycles. The highest BCUT2D eigenvalue weighted by molar-refractivity contribution is 5.97. The van der Waals surface area contributed by atoms with Crippen LogP contribution in [-0.2, 0) is 16.1 Å². The molecule has 0 atom stereocenters. The summed E-state index contributed by atoms with van der Waals surface area (Å²) >= 11 is 0. The summed E-state index contributed by atoms with van der Waals surface area (Å²) in [5.74, 6) is -0.847. The number of fused-ring (bicyclic) bond motifs is 1. The number of aromatic nitrogens is 1. The first-order valence-electron chi connectivity index (χ1n) is 15.0. The predicted octanol–water partition coefficient (Wildman–Crippen LogP) is 7.49. The Labute approximate surface area is 265 Å². The minimum absolute atomic E-state index is 0.189. The molecule has 1 aliphatic carbocycles. The Morgan fingerprint density at radius 3 is 2.26 bits per heavy atom. The molecule has 2 aromatic heterocycles. The van der Waals surface area contributed by atoms with E-state index in [2.05, 4.69) is 59.7 Å². The van der Waals surface area contributed by atoms with Crippen molar-refractivity contribution in [2.45, 2.75) is 44.6 Å². The van der Waals surface area contributed by atoms with E-state index in [1.807, 2.05) is 18.3 Å². The predicted molar refractivity (Wildman–Crippen MR) is 173 cm³/mol. The van der Waals surface area contributed by atoms with Crippen molar-refractivity contribution in [3.05, 3.63) is 108 Å². The van der Waals surface area contributed by atoms with E-state index in [9.17, 15) is 22.8 Å². The number of halogens is 3. The number of furan rings is 1. The number of nitrogen functional groups attached to an aromatic ring is 1. The number of alkyl halides is 2. The highest BCUT2D eigenvalue weighted by Crippen LogP contribution is 2.39. The van der Waals surface area contributed by atoms with Crippen LogP contribution in [0.1, 0.15) is 42.1 Å².